The van der Waals surface area contributed by atoms with Gasteiger partial charge in [-0.25, -0.2) is 9.64 Å². The average Bonchev–Trinajstić information content (AvgIpc) is 2.59. The van der Waals surface area contributed by atoms with Gasteiger partial charge in [-0.3, -0.25) is 4.79 Å². The van der Waals surface area contributed by atoms with Crippen molar-refractivity contribution in [1.82, 2.24) is 5.48 Å². The fourth-order valence-corrected chi connectivity index (χ4v) is 1.58. The number of carbonyl (C=O) groups excluding carboxylic acids is 2. The highest BCUT2D eigenvalue weighted by molar-refractivity contribution is 5.96. The SMILES string of the molecule is [C-]#[N+]c1ccc(C(=O)NOC(=O)c2ccc(C#N)cc2)cc1. The summed E-state index contributed by atoms with van der Waals surface area (Å²) >= 11 is 0. The van der Waals surface area contributed by atoms with Gasteiger partial charge in [-0.15, -0.1) is 0 Å². The van der Waals surface area contributed by atoms with Gasteiger partial charge in [0.1, 0.15) is 0 Å². The summed E-state index contributed by atoms with van der Waals surface area (Å²) in [6, 6.07) is 13.6. The molecular formula is C16H9N3O3. The Hall–Kier alpha value is -3.64. The summed E-state index contributed by atoms with van der Waals surface area (Å²) in [6.07, 6.45) is 0. The molecule has 0 aliphatic carbocycles. The van der Waals surface area contributed by atoms with Gasteiger partial charge in [0.15, 0.2) is 5.69 Å². The number of nitrogens with one attached hydrogen (secondary N) is 1. The normalized spacial score (nSPS) is 9.18. The van der Waals surface area contributed by atoms with Crippen molar-refractivity contribution in [3.63, 3.8) is 0 Å². The Morgan fingerprint density at radius 3 is 2.18 bits per heavy atom. The van der Waals surface area contributed by atoms with Crippen LogP contribution in [0.2, 0.25) is 0 Å². The number of hydroxylamine groups is 1. The Morgan fingerprint density at radius 2 is 1.64 bits per heavy atom. The van der Waals surface area contributed by atoms with Crippen molar-refractivity contribution >= 4 is 17.6 Å². The smallest absolute Gasteiger partial charge is 0.335 e. The van der Waals surface area contributed by atoms with Crippen LogP contribution < -0.4 is 5.48 Å². The number of carbonyl (C=O) groups is 2. The number of rotatable bonds is 2. The topological polar surface area (TPSA) is 83.5 Å². The number of amides is 1. The Labute approximate surface area is 126 Å². The Kier molecular flexibility index (Phi) is 4.49. The van der Waals surface area contributed by atoms with Gasteiger partial charge in [0, 0.05) is 5.56 Å². The molecule has 0 bridgehead atoms. The first-order valence-corrected chi connectivity index (χ1v) is 6.13. The molecule has 22 heavy (non-hydrogen) atoms. The zero-order valence-corrected chi connectivity index (χ0v) is 11.2. The molecule has 106 valence electrons. The molecule has 0 heterocycles. The van der Waals surface area contributed by atoms with Crippen LogP contribution in [-0.4, -0.2) is 11.9 Å². The maximum atomic E-state index is 11.8. The molecular weight excluding hydrogens is 282 g/mol. The minimum atomic E-state index is -0.740. The molecule has 0 atom stereocenters. The zero-order valence-electron chi connectivity index (χ0n) is 11.2. The summed E-state index contributed by atoms with van der Waals surface area (Å²) < 4.78 is 0. The molecule has 0 radical (unpaired) electrons. The van der Waals surface area contributed by atoms with Crippen molar-refractivity contribution in [3.05, 3.63) is 76.6 Å². The lowest BCUT2D eigenvalue weighted by Crippen LogP contribution is -2.27. The molecule has 0 aliphatic heterocycles. The highest BCUT2D eigenvalue weighted by Gasteiger charge is 2.11. The van der Waals surface area contributed by atoms with E-state index < -0.39 is 11.9 Å². The molecule has 0 spiro atoms. The van der Waals surface area contributed by atoms with E-state index in [0.29, 0.717) is 11.3 Å². The van der Waals surface area contributed by atoms with Crippen molar-refractivity contribution in [1.29, 1.82) is 5.26 Å². The monoisotopic (exact) mass is 291 g/mol. The highest BCUT2D eigenvalue weighted by atomic mass is 16.7. The maximum Gasteiger partial charge on any atom is 0.362 e. The zero-order chi connectivity index (χ0) is 15.9. The Morgan fingerprint density at radius 1 is 1.05 bits per heavy atom. The molecule has 2 aromatic rings. The Bertz CT molecular complexity index is 712. The lowest BCUT2D eigenvalue weighted by Gasteiger charge is -2.06. The number of hydrogen-bond donors (Lipinski definition) is 1. The third-order valence-electron chi connectivity index (χ3n) is 2.74. The fourth-order valence-electron chi connectivity index (χ4n) is 1.58. The molecule has 6 heteroatoms. The van der Waals surface area contributed by atoms with Crippen LogP contribution in [0.25, 0.3) is 4.85 Å². The second-order valence-electron chi connectivity index (χ2n) is 4.17. The van der Waals surface area contributed by atoms with Gasteiger partial charge in [0.05, 0.1) is 23.8 Å². The second-order valence-corrected chi connectivity index (χ2v) is 4.17. The van der Waals surface area contributed by atoms with Crippen LogP contribution in [-0.2, 0) is 4.84 Å². The third kappa shape index (κ3) is 3.47. The maximum absolute atomic E-state index is 11.8. The van der Waals surface area contributed by atoms with Crippen LogP contribution in [0.5, 0.6) is 0 Å². The standard InChI is InChI=1S/C16H9N3O3/c1-18-14-8-6-12(7-9-14)15(20)19-22-16(21)13-4-2-11(10-17)3-5-13/h2-9H,(H,19,20). The predicted molar refractivity (Wildman–Crippen MR) is 76.7 cm³/mol. The first kappa shape index (κ1) is 14.8. The van der Waals surface area contributed by atoms with Crippen molar-refractivity contribution in [3.8, 4) is 6.07 Å². The first-order chi connectivity index (χ1) is 10.6. The molecule has 0 aromatic heterocycles. The molecule has 6 nitrogen and oxygen atoms in total. The number of hydrogen-bond acceptors (Lipinski definition) is 4. The van der Waals surface area contributed by atoms with Gasteiger partial charge >= 0.3 is 5.97 Å². The predicted octanol–water partition coefficient (Wildman–Crippen LogP) is 2.61. The summed E-state index contributed by atoms with van der Waals surface area (Å²) in [6.45, 7) is 6.82. The molecule has 1 amide bonds. The van der Waals surface area contributed by atoms with E-state index in [4.69, 9.17) is 16.7 Å². The molecule has 0 saturated heterocycles. The number of nitriles is 1. The molecule has 0 fully saturated rings. The summed E-state index contributed by atoms with van der Waals surface area (Å²) in [7, 11) is 0. The average molecular weight is 291 g/mol. The minimum absolute atomic E-state index is 0.211. The summed E-state index contributed by atoms with van der Waals surface area (Å²) in [5.74, 6) is -1.34. The number of benzene rings is 2. The van der Waals surface area contributed by atoms with Gasteiger partial charge in [-0.2, -0.15) is 10.7 Å². The summed E-state index contributed by atoms with van der Waals surface area (Å²) in [5, 5.41) is 8.67. The Balaban J connectivity index is 1.96. The van der Waals surface area contributed by atoms with Gasteiger partial charge in [-0.1, -0.05) is 24.3 Å². The lowest BCUT2D eigenvalue weighted by molar-refractivity contribution is 0.0230. The van der Waals surface area contributed by atoms with Gasteiger partial charge in [-0.05, 0) is 24.3 Å². The summed E-state index contributed by atoms with van der Waals surface area (Å²) in [4.78, 5) is 31.4. The quantitative estimate of drug-likeness (QED) is 0.681. The summed E-state index contributed by atoms with van der Waals surface area (Å²) in [5.41, 5.74) is 3.33. The lowest BCUT2D eigenvalue weighted by atomic mass is 10.1. The van der Waals surface area contributed by atoms with E-state index in [1.54, 1.807) is 0 Å². The van der Waals surface area contributed by atoms with Crippen LogP contribution in [0, 0.1) is 17.9 Å². The van der Waals surface area contributed by atoms with E-state index in [9.17, 15) is 9.59 Å². The highest BCUT2D eigenvalue weighted by Crippen LogP contribution is 2.12. The van der Waals surface area contributed by atoms with Crippen LogP contribution >= 0.6 is 0 Å². The molecule has 0 saturated carbocycles. The molecule has 2 aromatic carbocycles. The van der Waals surface area contributed by atoms with Crippen LogP contribution in [0.4, 0.5) is 5.69 Å². The van der Waals surface area contributed by atoms with E-state index in [1.165, 1.54) is 48.5 Å². The first-order valence-electron chi connectivity index (χ1n) is 6.13. The molecule has 1 N–H and O–H groups in total. The van der Waals surface area contributed by atoms with E-state index in [1.807, 2.05) is 11.5 Å². The fraction of sp³-hybridized carbons (Fsp3) is 0. The van der Waals surface area contributed by atoms with Crippen LogP contribution in [0.15, 0.2) is 48.5 Å². The van der Waals surface area contributed by atoms with Crippen molar-refractivity contribution in [2.75, 3.05) is 0 Å². The van der Waals surface area contributed by atoms with E-state index in [-0.39, 0.29) is 11.1 Å². The van der Waals surface area contributed by atoms with Crippen molar-refractivity contribution in [2.24, 2.45) is 0 Å². The van der Waals surface area contributed by atoms with Crippen molar-refractivity contribution in [2.45, 2.75) is 0 Å². The van der Waals surface area contributed by atoms with Gasteiger partial charge in [0.25, 0.3) is 5.91 Å². The number of nitrogens with zero attached hydrogens (tertiary/aromatic N) is 2. The van der Waals surface area contributed by atoms with Crippen molar-refractivity contribution < 1.29 is 14.4 Å². The van der Waals surface area contributed by atoms with E-state index >= 15 is 0 Å². The van der Waals surface area contributed by atoms with Crippen LogP contribution in [0.3, 0.4) is 0 Å². The van der Waals surface area contributed by atoms with E-state index in [0.717, 1.165) is 0 Å². The molecule has 2 rings (SSSR count). The minimum Gasteiger partial charge on any atom is -0.335 e. The molecule has 0 aliphatic rings. The van der Waals surface area contributed by atoms with Gasteiger partial charge in [0.2, 0.25) is 0 Å². The third-order valence-corrected chi connectivity index (χ3v) is 2.74. The van der Waals surface area contributed by atoms with E-state index in [2.05, 4.69) is 4.85 Å². The molecule has 0 unspecified atom stereocenters. The largest absolute Gasteiger partial charge is 0.362 e. The second kappa shape index (κ2) is 6.69. The van der Waals surface area contributed by atoms with Crippen LogP contribution in [0.1, 0.15) is 26.3 Å². The van der Waals surface area contributed by atoms with Gasteiger partial charge < -0.3 is 4.84 Å².